The van der Waals surface area contributed by atoms with Crippen molar-refractivity contribution < 1.29 is 24.5 Å². The van der Waals surface area contributed by atoms with Gasteiger partial charge in [0.05, 0.1) is 13.2 Å². The topological polar surface area (TPSA) is 79.2 Å². The second-order valence-corrected chi connectivity index (χ2v) is 7.20. The first-order valence-corrected chi connectivity index (χ1v) is 8.60. The molecule has 0 spiro atoms. The van der Waals surface area contributed by atoms with Crippen LogP contribution >= 0.6 is 0 Å². The number of ether oxygens (including phenoxy) is 2. The molecule has 2 aliphatic carbocycles. The van der Waals surface area contributed by atoms with Gasteiger partial charge in [-0.1, -0.05) is 6.07 Å². The zero-order valence-electron chi connectivity index (χ0n) is 14.7. The van der Waals surface area contributed by atoms with Crippen LogP contribution in [0.25, 0.3) is 0 Å². The third-order valence-electron chi connectivity index (χ3n) is 6.00. The normalized spacial score (nSPS) is 33.6. The Labute approximate surface area is 146 Å². The van der Waals surface area contributed by atoms with E-state index in [2.05, 4.69) is 4.90 Å². The fraction of sp³-hybridized carbons (Fsp3) is 0.526. The van der Waals surface area contributed by atoms with Crippen molar-refractivity contribution in [3.63, 3.8) is 0 Å². The fourth-order valence-corrected chi connectivity index (χ4v) is 5.16. The Bertz CT molecular complexity index is 773. The number of carbonyl (C=O) groups excluding carboxylic acids is 1. The zero-order chi connectivity index (χ0) is 17.9. The molecule has 4 rings (SSSR count). The molecule has 1 heterocycles. The monoisotopic (exact) mass is 345 g/mol. The molecule has 25 heavy (non-hydrogen) atoms. The van der Waals surface area contributed by atoms with Gasteiger partial charge in [-0.15, -0.1) is 0 Å². The summed E-state index contributed by atoms with van der Waals surface area (Å²) >= 11 is 0. The van der Waals surface area contributed by atoms with Crippen LogP contribution in [0.15, 0.2) is 24.0 Å². The van der Waals surface area contributed by atoms with Crippen molar-refractivity contribution in [1.29, 1.82) is 0 Å². The van der Waals surface area contributed by atoms with Crippen molar-refractivity contribution in [2.75, 3.05) is 27.3 Å². The average Bonchev–Trinajstić information content (AvgIpc) is 2.80. The minimum absolute atomic E-state index is 0.0260. The number of Topliss-reactive ketones (excluding diaryl/α,β-unsaturated/α-hetero) is 1. The largest absolute Gasteiger partial charge is 0.504 e. The zero-order valence-corrected chi connectivity index (χ0v) is 14.7. The molecule has 6 heteroatoms. The number of allylic oxidation sites excluding steroid dienone is 1. The fourth-order valence-electron chi connectivity index (χ4n) is 5.16. The molecule has 2 bridgehead atoms. The number of likely N-dealkylation sites (N-methyl/N-ethyl adjacent to an activating group) is 1. The molecule has 0 amide bonds. The summed E-state index contributed by atoms with van der Waals surface area (Å²) in [5.41, 5.74) is 0.950. The number of phenolic OH excluding ortho intramolecular Hbond substituents is 2. The Hall–Kier alpha value is -2.05. The molecule has 0 saturated carbocycles. The van der Waals surface area contributed by atoms with Gasteiger partial charge < -0.3 is 19.7 Å². The van der Waals surface area contributed by atoms with Gasteiger partial charge in [0.15, 0.2) is 23.0 Å². The first kappa shape index (κ1) is 16.4. The standard InChI is InChI=1S/C19H23NO5/c1-4-25-18-10-5-6-12(21)17(23)15(10)19-8-13(22)14(24-3)7-11(19)16(18)20(2)9-19/h5-7,11,16,18,21,23H,4,8-9H2,1-3H3/t11?,16-,18-,19+/m1/s1. The van der Waals surface area contributed by atoms with E-state index in [0.29, 0.717) is 24.5 Å². The highest BCUT2D eigenvalue weighted by atomic mass is 16.5. The average molecular weight is 345 g/mol. The molecule has 1 aliphatic heterocycles. The summed E-state index contributed by atoms with van der Waals surface area (Å²) in [5, 5.41) is 20.8. The molecule has 2 N–H and O–H groups in total. The molecule has 134 valence electrons. The van der Waals surface area contributed by atoms with Gasteiger partial charge in [-0.3, -0.25) is 9.69 Å². The van der Waals surface area contributed by atoms with Gasteiger partial charge in [0, 0.05) is 42.5 Å². The summed E-state index contributed by atoms with van der Waals surface area (Å²) < 4.78 is 11.3. The Morgan fingerprint density at radius 1 is 1.36 bits per heavy atom. The first-order chi connectivity index (χ1) is 11.9. The van der Waals surface area contributed by atoms with Crippen LogP contribution in [0.5, 0.6) is 11.5 Å². The molecule has 6 nitrogen and oxygen atoms in total. The summed E-state index contributed by atoms with van der Waals surface area (Å²) in [6.07, 6.45) is 1.90. The summed E-state index contributed by atoms with van der Waals surface area (Å²) in [4.78, 5) is 14.8. The van der Waals surface area contributed by atoms with Gasteiger partial charge >= 0.3 is 0 Å². The van der Waals surface area contributed by atoms with Gasteiger partial charge in [0.1, 0.15) is 0 Å². The molecule has 1 saturated heterocycles. The summed E-state index contributed by atoms with van der Waals surface area (Å²) in [5.74, 6) is -0.0235. The smallest absolute Gasteiger partial charge is 0.197 e. The number of aromatic hydroxyl groups is 2. The van der Waals surface area contributed by atoms with Gasteiger partial charge in [0.2, 0.25) is 0 Å². The minimum atomic E-state index is -0.565. The number of methoxy groups -OCH3 is 1. The summed E-state index contributed by atoms with van der Waals surface area (Å²) in [7, 11) is 3.53. The molecule has 0 aromatic heterocycles. The highest BCUT2D eigenvalue weighted by Crippen LogP contribution is 2.61. The van der Waals surface area contributed by atoms with E-state index in [1.807, 2.05) is 26.1 Å². The Kier molecular flexibility index (Phi) is 3.60. The maximum atomic E-state index is 12.6. The maximum absolute atomic E-state index is 12.6. The molecule has 0 radical (unpaired) electrons. The highest BCUT2D eigenvalue weighted by Gasteiger charge is 2.62. The summed E-state index contributed by atoms with van der Waals surface area (Å²) in [6, 6.07) is 3.36. The number of hydrogen-bond donors (Lipinski definition) is 2. The van der Waals surface area contributed by atoms with Crippen molar-refractivity contribution in [2.45, 2.75) is 30.9 Å². The van der Waals surface area contributed by atoms with E-state index in [1.165, 1.54) is 13.2 Å². The second kappa shape index (κ2) is 5.47. The van der Waals surface area contributed by atoms with Crippen LogP contribution in [0, 0.1) is 5.92 Å². The van der Waals surface area contributed by atoms with E-state index < -0.39 is 5.41 Å². The quantitative estimate of drug-likeness (QED) is 0.814. The minimum Gasteiger partial charge on any atom is -0.504 e. The second-order valence-electron chi connectivity index (χ2n) is 7.20. The van der Waals surface area contributed by atoms with Crippen molar-refractivity contribution in [2.24, 2.45) is 5.92 Å². The lowest BCUT2D eigenvalue weighted by Gasteiger charge is -2.46. The molecule has 4 atom stereocenters. The number of phenols is 2. The highest BCUT2D eigenvalue weighted by molar-refractivity contribution is 5.96. The Balaban J connectivity index is 2.00. The van der Waals surface area contributed by atoms with Crippen LogP contribution in [0.3, 0.4) is 0 Å². The molecule has 1 aromatic carbocycles. The maximum Gasteiger partial charge on any atom is 0.197 e. The van der Waals surface area contributed by atoms with Crippen molar-refractivity contribution in [3.05, 3.63) is 35.1 Å². The first-order valence-electron chi connectivity index (χ1n) is 8.60. The van der Waals surface area contributed by atoms with E-state index in [1.54, 1.807) is 0 Å². The lowest BCUT2D eigenvalue weighted by Crippen LogP contribution is -2.47. The molecular weight excluding hydrogens is 322 g/mol. The molecule has 1 fully saturated rings. The number of fused-ring (bicyclic) bond motifs is 1. The summed E-state index contributed by atoms with van der Waals surface area (Å²) in [6.45, 7) is 3.10. The number of rotatable bonds is 3. The van der Waals surface area contributed by atoms with E-state index in [0.717, 1.165) is 5.56 Å². The van der Waals surface area contributed by atoms with Crippen LogP contribution < -0.4 is 0 Å². The third kappa shape index (κ3) is 2.01. The molecule has 3 aliphatic rings. The third-order valence-corrected chi connectivity index (χ3v) is 6.00. The van der Waals surface area contributed by atoms with Gasteiger partial charge in [0.25, 0.3) is 0 Å². The SMILES string of the molecule is CCO[C@@H]1c2ccc(O)c(O)c2[C@]23CC(=O)C(OC)=CC2[C@H]1N(C)C3. The lowest BCUT2D eigenvalue weighted by atomic mass is 9.58. The number of benzene rings is 1. The molecule has 1 unspecified atom stereocenters. The van der Waals surface area contributed by atoms with E-state index >= 15 is 0 Å². The van der Waals surface area contributed by atoms with Gasteiger partial charge in [-0.25, -0.2) is 0 Å². The van der Waals surface area contributed by atoms with Gasteiger partial charge in [-0.05, 0) is 31.7 Å². The van der Waals surface area contributed by atoms with E-state index in [9.17, 15) is 15.0 Å². The van der Waals surface area contributed by atoms with Crippen molar-refractivity contribution in [1.82, 2.24) is 4.90 Å². The molecule has 1 aromatic rings. The number of ketones is 1. The van der Waals surface area contributed by atoms with Crippen molar-refractivity contribution in [3.8, 4) is 11.5 Å². The predicted octanol–water partition coefficient (Wildman–Crippen LogP) is 1.86. The lowest BCUT2D eigenvalue weighted by molar-refractivity contribution is -0.121. The number of carbonyl (C=O) groups is 1. The van der Waals surface area contributed by atoms with Crippen LogP contribution in [0.4, 0.5) is 0 Å². The number of nitrogens with zero attached hydrogens (tertiary/aromatic N) is 1. The van der Waals surface area contributed by atoms with Gasteiger partial charge in [-0.2, -0.15) is 0 Å². The van der Waals surface area contributed by atoms with Crippen molar-refractivity contribution >= 4 is 5.78 Å². The molecular formula is C19H23NO5. The van der Waals surface area contributed by atoms with Crippen LogP contribution in [-0.2, 0) is 19.7 Å². The van der Waals surface area contributed by atoms with E-state index in [4.69, 9.17) is 9.47 Å². The van der Waals surface area contributed by atoms with Crippen LogP contribution in [0.1, 0.15) is 30.6 Å². The number of likely N-dealkylation sites (tertiary alicyclic amines) is 1. The number of hydrogen-bond acceptors (Lipinski definition) is 6. The predicted molar refractivity (Wildman–Crippen MR) is 90.4 cm³/mol. The Morgan fingerprint density at radius 2 is 2.12 bits per heavy atom. The van der Waals surface area contributed by atoms with E-state index in [-0.39, 0.29) is 41.8 Å². The van der Waals surface area contributed by atoms with Crippen LogP contribution in [-0.4, -0.2) is 54.2 Å². The van der Waals surface area contributed by atoms with Crippen LogP contribution in [0.2, 0.25) is 0 Å². The Morgan fingerprint density at radius 3 is 2.80 bits per heavy atom.